The Kier molecular flexibility index (Phi) is 6.59. The molecule has 1 N–H and O–H groups in total. The number of benzene rings is 2. The Bertz CT molecular complexity index is 952. The van der Waals surface area contributed by atoms with Crippen LogP contribution in [0.5, 0.6) is 11.5 Å². The first kappa shape index (κ1) is 20.5. The zero-order chi connectivity index (χ0) is 20.0. The van der Waals surface area contributed by atoms with Crippen LogP contribution in [0.4, 0.5) is 5.69 Å². The summed E-state index contributed by atoms with van der Waals surface area (Å²) in [6.45, 7) is 0. The van der Waals surface area contributed by atoms with Gasteiger partial charge in [-0.15, -0.1) is 0 Å². The van der Waals surface area contributed by atoms with Gasteiger partial charge in [0.2, 0.25) is 15.9 Å². The van der Waals surface area contributed by atoms with Crippen LogP contribution < -0.4 is 14.8 Å². The van der Waals surface area contributed by atoms with Gasteiger partial charge in [0.1, 0.15) is 11.5 Å². The third-order valence-electron chi connectivity index (χ3n) is 3.74. The molecule has 2 aromatic carbocycles. The van der Waals surface area contributed by atoms with Crippen LogP contribution in [0.3, 0.4) is 0 Å². The molecule has 0 saturated heterocycles. The normalized spacial score (nSPS) is 11.6. The molecule has 0 aliphatic rings. The van der Waals surface area contributed by atoms with Gasteiger partial charge in [0.15, 0.2) is 0 Å². The molecule has 0 saturated carbocycles. The summed E-state index contributed by atoms with van der Waals surface area (Å²) >= 11 is 0. The van der Waals surface area contributed by atoms with Crippen molar-refractivity contribution in [3.05, 3.63) is 54.1 Å². The average Bonchev–Trinajstić information content (AvgIpc) is 2.66. The molecule has 0 fully saturated rings. The maximum Gasteiger partial charge on any atom is 0.248 e. The molecule has 0 aliphatic heterocycles. The molecule has 2 rings (SSSR count). The predicted octanol–water partition coefficient (Wildman–Crippen LogP) is 2.61. The molecule has 0 aliphatic carbocycles. The van der Waals surface area contributed by atoms with E-state index in [4.69, 9.17) is 9.47 Å². The van der Waals surface area contributed by atoms with Gasteiger partial charge in [0, 0.05) is 37.5 Å². The van der Waals surface area contributed by atoms with E-state index in [2.05, 4.69) is 5.32 Å². The highest BCUT2D eigenvalue weighted by atomic mass is 32.2. The minimum absolute atomic E-state index is 0.103. The Balaban J connectivity index is 2.16. The van der Waals surface area contributed by atoms with E-state index in [0.29, 0.717) is 22.7 Å². The Hall–Kier alpha value is -2.84. The highest BCUT2D eigenvalue weighted by Gasteiger charge is 2.17. The molecule has 0 bridgehead atoms. The zero-order valence-corrected chi connectivity index (χ0v) is 16.4. The van der Waals surface area contributed by atoms with E-state index >= 15 is 0 Å². The quantitative estimate of drug-likeness (QED) is 0.735. The van der Waals surface area contributed by atoms with Crippen molar-refractivity contribution in [2.45, 2.75) is 4.90 Å². The number of nitrogens with one attached hydrogen (secondary N) is 1. The largest absolute Gasteiger partial charge is 0.497 e. The van der Waals surface area contributed by atoms with Gasteiger partial charge >= 0.3 is 0 Å². The van der Waals surface area contributed by atoms with E-state index < -0.39 is 15.9 Å². The van der Waals surface area contributed by atoms with Crippen molar-refractivity contribution in [1.82, 2.24) is 4.31 Å². The van der Waals surface area contributed by atoms with Gasteiger partial charge < -0.3 is 14.8 Å². The molecule has 144 valence electrons. The molecule has 0 radical (unpaired) electrons. The molecule has 27 heavy (non-hydrogen) atoms. The summed E-state index contributed by atoms with van der Waals surface area (Å²) in [6.07, 6.45) is 2.95. The van der Waals surface area contributed by atoms with Crippen molar-refractivity contribution < 1.29 is 22.7 Å². The van der Waals surface area contributed by atoms with Gasteiger partial charge in [0.05, 0.1) is 19.1 Å². The minimum atomic E-state index is -3.57. The second kappa shape index (κ2) is 8.70. The number of methoxy groups -OCH3 is 2. The van der Waals surface area contributed by atoms with Gasteiger partial charge in [-0.05, 0) is 36.4 Å². The second-order valence-electron chi connectivity index (χ2n) is 5.75. The highest BCUT2D eigenvalue weighted by Crippen LogP contribution is 2.25. The Morgan fingerprint density at radius 2 is 1.81 bits per heavy atom. The Morgan fingerprint density at radius 3 is 2.44 bits per heavy atom. The van der Waals surface area contributed by atoms with Gasteiger partial charge in [-0.2, -0.15) is 0 Å². The lowest BCUT2D eigenvalue weighted by Crippen LogP contribution is -2.22. The number of anilines is 1. The number of hydrogen-bond donors (Lipinski definition) is 1. The van der Waals surface area contributed by atoms with Crippen LogP contribution in [0.15, 0.2) is 53.4 Å². The third-order valence-corrected chi connectivity index (χ3v) is 5.55. The van der Waals surface area contributed by atoms with Crippen LogP contribution in [-0.4, -0.2) is 46.9 Å². The first-order valence-electron chi connectivity index (χ1n) is 8.01. The number of carbonyl (C=O) groups is 1. The van der Waals surface area contributed by atoms with Crippen LogP contribution in [0, 0.1) is 0 Å². The average molecular weight is 390 g/mol. The first-order chi connectivity index (χ1) is 12.8. The lowest BCUT2D eigenvalue weighted by Gasteiger charge is -2.12. The Labute approximate surface area is 159 Å². The van der Waals surface area contributed by atoms with Crippen molar-refractivity contribution in [2.75, 3.05) is 33.6 Å². The fraction of sp³-hybridized carbons (Fsp3) is 0.211. The summed E-state index contributed by atoms with van der Waals surface area (Å²) in [4.78, 5) is 12.3. The number of carbonyl (C=O) groups excluding carboxylic acids is 1. The molecular formula is C19H22N2O5S. The number of sulfonamides is 1. The summed E-state index contributed by atoms with van der Waals surface area (Å²) in [5, 5.41) is 2.65. The van der Waals surface area contributed by atoms with E-state index in [-0.39, 0.29) is 4.90 Å². The van der Waals surface area contributed by atoms with Gasteiger partial charge in [-0.3, -0.25) is 4.79 Å². The molecule has 7 nitrogen and oxygen atoms in total. The Morgan fingerprint density at radius 1 is 1.07 bits per heavy atom. The number of hydrogen-bond acceptors (Lipinski definition) is 5. The zero-order valence-electron chi connectivity index (χ0n) is 15.6. The molecule has 0 atom stereocenters. The SMILES string of the molecule is COc1ccc(/C=C/C(=O)Nc2cccc(S(=O)(=O)N(C)C)c2)c(OC)c1. The van der Waals surface area contributed by atoms with E-state index in [1.165, 1.54) is 39.4 Å². The summed E-state index contributed by atoms with van der Waals surface area (Å²) in [5.41, 5.74) is 1.09. The summed E-state index contributed by atoms with van der Waals surface area (Å²) in [5.74, 6) is 0.817. The highest BCUT2D eigenvalue weighted by molar-refractivity contribution is 7.89. The molecule has 1 amide bonds. The summed E-state index contributed by atoms with van der Waals surface area (Å²) in [6, 6.07) is 11.3. The van der Waals surface area contributed by atoms with Crippen LogP contribution in [0.2, 0.25) is 0 Å². The van der Waals surface area contributed by atoms with Gasteiger partial charge in [-0.1, -0.05) is 6.07 Å². The van der Waals surface area contributed by atoms with Crippen molar-refractivity contribution in [1.29, 1.82) is 0 Å². The molecular weight excluding hydrogens is 368 g/mol. The van der Waals surface area contributed by atoms with Crippen molar-refractivity contribution in [2.24, 2.45) is 0 Å². The van der Waals surface area contributed by atoms with Gasteiger partial charge in [0.25, 0.3) is 0 Å². The number of amides is 1. The van der Waals surface area contributed by atoms with Gasteiger partial charge in [-0.25, -0.2) is 12.7 Å². The fourth-order valence-corrected chi connectivity index (χ4v) is 3.20. The molecule has 0 aromatic heterocycles. The standard InChI is InChI=1S/C19H22N2O5S/c1-21(2)27(23,24)17-7-5-6-15(12-17)20-19(22)11-9-14-8-10-16(25-3)13-18(14)26-4/h5-13H,1-4H3,(H,20,22)/b11-9+. The van der Waals surface area contributed by atoms with Crippen molar-refractivity contribution in [3.8, 4) is 11.5 Å². The number of ether oxygens (including phenoxy) is 2. The van der Waals surface area contributed by atoms with E-state index in [1.54, 1.807) is 43.5 Å². The minimum Gasteiger partial charge on any atom is -0.497 e. The second-order valence-corrected chi connectivity index (χ2v) is 7.90. The van der Waals surface area contributed by atoms with Crippen molar-refractivity contribution >= 4 is 27.7 Å². The number of rotatable bonds is 7. The lowest BCUT2D eigenvalue weighted by molar-refractivity contribution is -0.111. The fourth-order valence-electron chi connectivity index (χ4n) is 2.25. The third kappa shape index (κ3) is 5.08. The predicted molar refractivity (Wildman–Crippen MR) is 105 cm³/mol. The summed E-state index contributed by atoms with van der Waals surface area (Å²) < 4.78 is 35.9. The number of nitrogens with zero attached hydrogens (tertiary/aromatic N) is 1. The molecule has 0 unspecified atom stereocenters. The first-order valence-corrected chi connectivity index (χ1v) is 9.45. The molecule has 8 heteroatoms. The monoisotopic (exact) mass is 390 g/mol. The molecule has 0 spiro atoms. The van der Waals surface area contributed by atoms with Crippen molar-refractivity contribution in [3.63, 3.8) is 0 Å². The lowest BCUT2D eigenvalue weighted by atomic mass is 10.1. The topological polar surface area (TPSA) is 84.9 Å². The van der Waals surface area contributed by atoms with Crippen LogP contribution >= 0.6 is 0 Å². The summed E-state index contributed by atoms with van der Waals surface area (Å²) in [7, 11) is 2.42. The van der Waals surface area contributed by atoms with Crippen LogP contribution in [0.25, 0.3) is 6.08 Å². The molecule has 2 aromatic rings. The maximum atomic E-state index is 12.2. The van der Waals surface area contributed by atoms with Crippen LogP contribution in [0.1, 0.15) is 5.56 Å². The molecule has 0 heterocycles. The van der Waals surface area contributed by atoms with E-state index in [0.717, 1.165) is 4.31 Å². The maximum absolute atomic E-state index is 12.2. The van der Waals surface area contributed by atoms with E-state index in [9.17, 15) is 13.2 Å². The van der Waals surface area contributed by atoms with Crippen LogP contribution in [-0.2, 0) is 14.8 Å². The smallest absolute Gasteiger partial charge is 0.248 e. The van der Waals surface area contributed by atoms with E-state index in [1.807, 2.05) is 0 Å².